The van der Waals surface area contributed by atoms with Crippen LogP contribution in [0.2, 0.25) is 0 Å². The van der Waals surface area contributed by atoms with Gasteiger partial charge in [-0.2, -0.15) is 0 Å². The van der Waals surface area contributed by atoms with E-state index in [-0.39, 0.29) is 24.9 Å². The fraction of sp³-hybridized carbons (Fsp3) is 0.381. The van der Waals surface area contributed by atoms with E-state index in [1.165, 1.54) is 23.2 Å². The molecule has 1 aliphatic rings. The normalized spacial score (nSPS) is 16.0. The number of amides is 1. The summed E-state index contributed by atoms with van der Waals surface area (Å²) in [5.41, 5.74) is 2.68. The highest BCUT2D eigenvalue weighted by atomic mass is 32.2. The monoisotopic (exact) mass is 402 g/mol. The predicted molar refractivity (Wildman–Crippen MR) is 112 cm³/mol. The van der Waals surface area contributed by atoms with Crippen LogP contribution in [-0.4, -0.2) is 40.3 Å². The Hall–Kier alpha value is -2.54. The number of carbonyl (C=O) groups is 1. The molecule has 3 rings (SSSR count). The number of nitrogens with zero attached hydrogens (tertiary/aromatic N) is 2. The average molecular weight is 403 g/mol. The van der Waals surface area contributed by atoms with Crippen molar-refractivity contribution in [2.45, 2.75) is 32.2 Å². The van der Waals surface area contributed by atoms with E-state index in [1.54, 1.807) is 24.3 Å². The molecule has 1 heterocycles. The van der Waals surface area contributed by atoms with Crippen LogP contribution in [0.4, 0.5) is 11.4 Å². The number of hydrogen-bond donors (Lipinski definition) is 0. The van der Waals surface area contributed by atoms with Crippen molar-refractivity contribution in [1.82, 2.24) is 0 Å². The van der Waals surface area contributed by atoms with Gasteiger partial charge in [0.05, 0.1) is 19.1 Å². The molecule has 0 saturated heterocycles. The second-order valence-corrected chi connectivity index (χ2v) is 8.99. The number of methoxy groups -OCH3 is 1. The van der Waals surface area contributed by atoms with Crippen molar-refractivity contribution in [2.24, 2.45) is 0 Å². The van der Waals surface area contributed by atoms with Gasteiger partial charge in [0, 0.05) is 30.8 Å². The highest BCUT2D eigenvalue weighted by Gasteiger charge is 2.30. The Morgan fingerprint density at radius 1 is 1.21 bits per heavy atom. The Bertz CT molecular complexity index is 958. The minimum Gasteiger partial charge on any atom is -0.497 e. The number of sulfonamides is 1. The molecule has 2 aromatic rings. The number of rotatable bonds is 7. The lowest BCUT2D eigenvalue weighted by atomic mass is 10.1. The minimum atomic E-state index is -3.47. The summed E-state index contributed by atoms with van der Waals surface area (Å²) < 4.78 is 31.1. The van der Waals surface area contributed by atoms with E-state index in [9.17, 15) is 13.2 Å². The van der Waals surface area contributed by atoms with Crippen molar-refractivity contribution in [1.29, 1.82) is 0 Å². The summed E-state index contributed by atoms with van der Waals surface area (Å²) >= 11 is 0. The van der Waals surface area contributed by atoms with Crippen molar-refractivity contribution >= 4 is 27.3 Å². The van der Waals surface area contributed by atoms with E-state index in [0.29, 0.717) is 17.9 Å². The van der Waals surface area contributed by atoms with Crippen LogP contribution in [0.1, 0.15) is 25.3 Å². The Morgan fingerprint density at radius 3 is 2.68 bits per heavy atom. The van der Waals surface area contributed by atoms with Crippen molar-refractivity contribution < 1.29 is 17.9 Å². The third kappa shape index (κ3) is 4.30. The third-order valence-electron chi connectivity index (χ3n) is 4.97. The van der Waals surface area contributed by atoms with Crippen molar-refractivity contribution in [3.63, 3.8) is 0 Å². The summed E-state index contributed by atoms with van der Waals surface area (Å²) in [6.07, 6.45) is 2.75. The molecule has 7 heteroatoms. The first-order valence-electron chi connectivity index (χ1n) is 9.33. The molecule has 1 atom stereocenters. The van der Waals surface area contributed by atoms with E-state index < -0.39 is 10.0 Å². The average Bonchev–Trinajstić information content (AvgIpc) is 2.99. The van der Waals surface area contributed by atoms with E-state index in [1.807, 2.05) is 36.1 Å². The van der Waals surface area contributed by atoms with Crippen LogP contribution in [0.3, 0.4) is 0 Å². The predicted octanol–water partition coefficient (Wildman–Crippen LogP) is 3.22. The number of ether oxygens (including phenoxy) is 1. The van der Waals surface area contributed by atoms with Gasteiger partial charge in [-0.25, -0.2) is 8.42 Å². The quantitative estimate of drug-likeness (QED) is 0.713. The maximum Gasteiger partial charge on any atom is 0.232 e. The Labute approximate surface area is 166 Å². The standard InChI is InChI=1S/C21H26N2O4S/c1-16-14-17-8-4-5-11-20(17)23(16)21(24)12-7-13-22(28(3,25)26)18-9-6-10-19(15-18)27-2/h4-6,8-11,15-16H,7,12-14H2,1-3H3. The molecular weight excluding hydrogens is 376 g/mol. The van der Waals surface area contributed by atoms with Gasteiger partial charge < -0.3 is 9.64 Å². The highest BCUT2D eigenvalue weighted by molar-refractivity contribution is 7.92. The molecule has 2 aromatic carbocycles. The van der Waals surface area contributed by atoms with Gasteiger partial charge in [-0.05, 0) is 43.5 Å². The molecule has 0 N–H and O–H groups in total. The fourth-order valence-electron chi connectivity index (χ4n) is 3.69. The molecule has 0 saturated carbocycles. The number of carbonyl (C=O) groups excluding carboxylic acids is 1. The Balaban J connectivity index is 1.69. The molecule has 1 unspecified atom stereocenters. The molecular formula is C21H26N2O4S. The van der Waals surface area contributed by atoms with Crippen molar-refractivity contribution in [2.75, 3.05) is 29.1 Å². The zero-order chi connectivity index (χ0) is 20.3. The van der Waals surface area contributed by atoms with Crippen molar-refractivity contribution in [3.8, 4) is 5.75 Å². The van der Waals surface area contributed by atoms with Gasteiger partial charge >= 0.3 is 0 Å². The lowest BCUT2D eigenvalue weighted by Gasteiger charge is -2.25. The molecule has 28 heavy (non-hydrogen) atoms. The van der Waals surface area contributed by atoms with Crippen LogP contribution in [0.15, 0.2) is 48.5 Å². The maximum absolute atomic E-state index is 12.8. The van der Waals surface area contributed by atoms with E-state index in [0.717, 1.165) is 12.1 Å². The topological polar surface area (TPSA) is 66.9 Å². The van der Waals surface area contributed by atoms with E-state index in [2.05, 4.69) is 0 Å². The Kier molecular flexibility index (Phi) is 5.93. The largest absolute Gasteiger partial charge is 0.497 e. The SMILES string of the molecule is COc1cccc(N(CCCC(=O)N2c3ccccc3CC2C)S(C)(=O)=O)c1. The van der Waals surface area contributed by atoms with Gasteiger partial charge in [0.1, 0.15) is 5.75 Å². The van der Waals surface area contributed by atoms with Gasteiger partial charge in [0.15, 0.2) is 0 Å². The molecule has 0 fully saturated rings. The molecule has 0 radical (unpaired) electrons. The van der Waals surface area contributed by atoms with Gasteiger partial charge in [-0.15, -0.1) is 0 Å². The molecule has 1 aliphatic heterocycles. The summed E-state index contributed by atoms with van der Waals surface area (Å²) in [7, 11) is -1.93. The first-order valence-corrected chi connectivity index (χ1v) is 11.2. The molecule has 0 bridgehead atoms. The number of anilines is 2. The molecule has 1 amide bonds. The number of fused-ring (bicyclic) bond motifs is 1. The van der Waals surface area contributed by atoms with Gasteiger partial charge in [-0.1, -0.05) is 24.3 Å². The lowest BCUT2D eigenvalue weighted by molar-refractivity contribution is -0.118. The van der Waals surface area contributed by atoms with E-state index >= 15 is 0 Å². The van der Waals surface area contributed by atoms with Crippen LogP contribution >= 0.6 is 0 Å². The maximum atomic E-state index is 12.8. The van der Waals surface area contributed by atoms with Crippen LogP contribution in [0.25, 0.3) is 0 Å². The van der Waals surface area contributed by atoms with Crippen LogP contribution in [0.5, 0.6) is 5.75 Å². The summed E-state index contributed by atoms with van der Waals surface area (Å²) in [5.74, 6) is 0.612. The van der Waals surface area contributed by atoms with Gasteiger partial charge in [-0.3, -0.25) is 9.10 Å². The van der Waals surface area contributed by atoms with Crippen LogP contribution in [0, 0.1) is 0 Å². The summed E-state index contributed by atoms with van der Waals surface area (Å²) in [5, 5.41) is 0. The van der Waals surface area contributed by atoms with Crippen LogP contribution < -0.4 is 13.9 Å². The summed E-state index contributed by atoms with van der Waals surface area (Å²) in [6, 6.07) is 15.0. The third-order valence-corrected chi connectivity index (χ3v) is 6.16. The zero-order valence-corrected chi connectivity index (χ0v) is 17.3. The molecule has 0 aromatic heterocycles. The number of hydrogen-bond acceptors (Lipinski definition) is 4. The number of benzene rings is 2. The van der Waals surface area contributed by atoms with E-state index in [4.69, 9.17) is 4.74 Å². The van der Waals surface area contributed by atoms with Crippen molar-refractivity contribution in [3.05, 3.63) is 54.1 Å². The minimum absolute atomic E-state index is 0.0246. The second-order valence-electron chi connectivity index (χ2n) is 7.09. The second kappa shape index (κ2) is 8.22. The molecule has 150 valence electrons. The highest BCUT2D eigenvalue weighted by Crippen LogP contribution is 2.32. The van der Waals surface area contributed by atoms with Gasteiger partial charge in [0.2, 0.25) is 15.9 Å². The first-order chi connectivity index (χ1) is 13.3. The zero-order valence-electron chi connectivity index (χ0n) is 16.5. The molecule has 0 aliphatic carbocycles. The van der Waals surface area contributed by atoms with Crippen LogP contribution in [-0.2, 0) is 21.2 Å². The van der Waals surface area contributed by atoms with Gasteiger partial charge in [0.25, 0.3) is 0 Å². The molecule has 0 spiro atoms. The first kappa shape index (κ1) is 20.2. The Morgan fingerprint density at radius 2 is 1.96 bits per heavy atom. The number of para-hydroxylation sites is 1. The summed E-state index contributed by atoms with van der Waals surface area (Å²) in [4.78, 5) is 14.7. The smallest absolute Gasteiger partial charge is 0.232 e. The molecule has 6 nitrogen and oxygen atoms in total. The lowest BCUT2D eigenvalue weighted by Crippen LogP contribution is -2.37. The summed E-state index contributed by atoms with van der Waals surface area (Å²) in [6.45, 7) is 2.28. The fourth-order valence-corrected chi connectivity index (χ4v) is 4.65.